The van der Waals surface area contributed by atoms with Crippen molar-refractivity contribution in [3.05, 3.63) is 51.7 Å². The molecule has 0 fully saturated rings. The Hall–Kier alpha value is -1.52. The van der Waals surface area contributed by atoms with E-state index in [1.165, 1.54) is 11.3 Å². The molecule has 2 rings (SSSR count). The number of carboxylic acids is 1. The van der Waals surface area contributed by atoms with Gasteiger partial charge in [0.1, 0.15) is 6.04 Å². The van der Waals surface area contributed by atoms with Crippen LogP contribution in [0.25, 0.3) is 0 Å². The van der Waals surface area contributed by atoms with Gasteiger partial charge in [-0.1, -0.05) is 23.7 Å². The molecular formula is C12H9ClNO2S-. The molecule has 0 aliphatic carbocycles. The molecule has 0 radical (unpaired) electrons. The zero-order valence-corrected chi connectivity index (χ0v) is 10.3. The van der Waals surface area contributed by atoms with Crippen LogP contribution in [0.1, 0.15) is 10.9 Å². The SMILES string of the molecule is O=C([O-])[C@@H](Nc1cccc(Cl)c1)c1cccs1. The van der Waals surface area contributed by atoms with Crippen molar-refractivity contribution in [3.8, 4) is 0 Å². The summed E-state index contributed by atoms with van der Waals surface area (Å²) in [6.45, 7) is 0. The van der Waals surface area contributed by atoms with Crippen LogP contribution in [0.3, 0.4) is 0 Å². The molecule has 88 valence electrons. The van der Waals surface area contributed by atoms with Crippen molar-refractivity contribution in [3.63, 3.8) is 0 Å². The Bertz CT molecular complexity index is 513. The molecule has 5 heteroatoms. The molecule has 0 unspecified atom stereocenters. The van der Waals surface area contributed by atoms with Crippen LogP contribution < -0.4 is 10.4 Å². The van der Waals surface area contributed by atoms with Gasteiger partial charge in [-0.15, -0.1) is 11.3 Å². The Labute approximate surface area is 108 Å². The molecular weight excluding hydrogens is 258 g/mol. The number of nitrogens with one attached hydrogen (secondary N) is 1. The van der Waals surface area contributed by atoms with Gasteiger partial charge in [-0.25, -0.2) is 0 Å². The number of carbonyl (C=O) groups excluding carboxylic acids is 1. The first-order valence-corrected chi connectivity index (χ1v) is 6.19. The Morgan fingerprint density at radius 2 is 2.18 bits per heavy atom. The second-order valence-electron chi connectivity index (χ2n) is 3.42. The van der Waals surface area contributed by atoms with E-state index in [-0.39, 0.29) is 0 Å². The zero-order chi connectivity index (χ0) is 12.3. The van der Waals surface area contributed by atoms with Gasteiger partial charge < -0.3 is 15.2 Å². The Morgan fingerprint density at radius 3 is 2.76 bits per heavy atom. The van der Waals surface area contributed by atoms with E-state index in [0.717, 1.165) is 0 Å². The van der Waals surface area contributed by atoms with Crippen LogP contribution >= 0.6 is 22.9 Å². The van der Waals surface area contributed by atoms with Crippen molar-refractivity contribution in [2.45, 2.75) is 6.04 Å². The Kier molecular flexibility index (Phi) is 3.66. The summed E-state index contributed by atoms with van der Waals surface area (Å²) in [6.07, 6.45) is 0. The second kappa shape index (κ2) is 5.21. The van der Waals surface area contributed by atoms with Crippen LogP contribution in [-0.2, 0) is 4.79 Å². The number of rotatable bonds is 4. The smallest absolute Gasteiger partial charge is 0.101 e. The third-order valence-electron chi connectivity index (χ3n) is 2.20. The van der Waals surface area contributed by atoms with Crippen molar-refractivity contribution in [2.75, 3.05) is 5.32 Å². The molecule has 3 nitrogen and oxygen atoms in total. The molecule has 0 amide bonds. The monoisotopic (exact) mass is 266 g/mol. The van der Waals surface area contributed by atoms with Crippen LogP contribution in [-0.4, -0.2) is 5.97 Å². The van der Waals surface area contributed by atoms with E-state index >= 15 is 0 Å². The van der Waals surface area contributed by atoms with E-state index in [1.54, 1.807) is 36.4 Å². The fourth-order valence-electron chi connectivity index (χ4n) is 1.45. The number of hydrogen-bond acceptors (Lipinski definition) is 4. The third kappa shape index (κ3) is 2.99. The van der Waals surface area contributed by atoms with E-state index in [2.05, 4.69) is 5.32 Å². The maximum Gasteiger partial charge on any atom is 0.101 e. The van der Waals surface area contributed by atoms with E-state index in [9.17, 15) is 9.90 Å². The number of anilines is 1. The maximum absolute atomic E-state index is 11.1. The number of carbonyl (C=O) groups is 1. The normalized spacial score (nSPS) is 12.1. The fourth-order valence-corrected chi connectivity index (χ4v) is 2.40. The summed E-state index contributed by atoms with van der Waals surface area (Å²) in [5, 5.41) is 16.4. The summed E-state index contributed by atoms with van der Waals surface area (Å²) in [7, 11) is 0. The van der Waals surface area contributed by atoms with Gasteiger partial charge >= 0.3 is 0 Å². The van der Waals surface area contributed by atoms with Crippen molar-refractivity contribution < 1.29 is 9.90 Å². The van der Waals surface area contributed by atoms with Crippen LogP contribution in [0.4, 0.5) is 5.69 Å². The molecule has 17 heavy (non-hydrogen) atoms. The highest BCUT2D eigenvalue weighted by Crippen LogP contribution is 2.24. The Morgan fingerprint density at radius 1 is 1.35 bits per heavy atom. The lowest BCUT2D eigenvalue weighted by Gasteiger charge is -2.19. The summed E-state index contributed by atoms with van der Waals surface area (Å²) >= 11 is 7.20. The summed E-state index contributed by atoms with van der Waals surface area (Å²) in [6, 6.07) is 9.62. The average Bonchev–Trinajstić information content (AvgIpc) is 2.78. The minimum Gasteiger partial charge on any atom is -0.547 e. The van der Waals surface area contributed by atoms with Crippen LogP contribution in [0, 0.1) is 0 Å². The van der Waals surface area contributed by atoms with Crippen molar-refractivity contribution in [2.24, 2.45) is 0 Å². The largest absolute Gasteiger partial charge is 0.547 e. The van der Waals surface area contributed by atoms with Crippen molar-refractivity contribution >= 4 is 34.6 Å². The topological polar surface area (TPSA) is 52.2 Å². The first kappa shape index (κ1) is 12.0. The first-order chi connectivity index (χ1) is 8.16. The minimum atomic E-state index is -1.16. The summed E-state index contributed by atoms with van der Waals surface area (Å²) in [4.78, 5) is 11.8. The van der Waals surface area contributed by atoms with Crippen molar-refractivity contribution in [1.82, 2.24) is 0 Å². The van der Waals surface area contributed by atoms with Gasteiger partial charge in [0.2, 0.25) is 0 Å². The molecule has 1 heterocycles. The number of carboxylic acid groups (broad SMARTS) is 1. The molecule has 0 bridgehead atoms. The predicted octanol–water partition coefficient (Wildman–Crippen LogP) is 2.30. The molecule has 0 saturated carbocycles. The summed E-state index contributed by atoms with van der Waals surface area (Å²) < 4.78 is 0. The molecule has 1 atom stereocenters. The van der Waals surface area contributed by atoms with Gasteiger partial charge in [0.15, 0.2) is 0 Å². The summed E-state index contributed by atoms with van der Waals surface area (Å²) in [5.74, 6) is -1.16. The molecule has 0 aliphatic heterocycles. The third-order valence-corrected chi connectivity index (χ3v) is 3.37. The van der Waals surface area contributed by atoms with Crippen LogP contribution in [0.2, 0.25) is 5.02 Å². The quantitative estimate of drug-likeness (QED) is 0.924. The van der Waals surface area contributed by atoms with E-state index in [4.69, 9.17) is 11.6 Å². The molecule has 0 saturated heterocycles. The van der Waals surface area contributed by atoms with E-state index in [0.29, 0.717) is 15.6 Å². The van der Waals surface area contributed by atoms with Gasteiger partial charge in [0, 0.05) is 15.6 Å². The molecule has 0 spiro atoms. The fraction of sp³-hybridized carbons (Fsp3) is 0.0833. The highest BCUT2D eigenvalue weighted by atomic mass is 35.5. The maximum atomic E-state index is 11.1. The molecule has 1 aromatic carbocycles. The second-order valence-corrected chi connectivity index (χ2v) is 4.84. The van der Waals surface area contributed by atoms with Gasteiger partial charge in [-0.05, 0) is 29.6 Å². The lowest BCUT2D eigenvalue weighted by Crippen LogP contribution is -2.33. The molecule has 1 aromatic heterocycles. The first-order valence-electron chi connectivity index (χ1n) is 4.93. The van der Waals surface area contributed by atoms with Gasteiger partial charge in [0.05, 0.1) is 5.97 Å². The Balaban J connectivity index is 2.22. The van der Waals surface area contributed by atoms with Gasteiger partial charge in [-0.3, -0.25) is 0 Å². The predicted molar refractivity (Wildman–Crippen MR) is 67.1 cm³/mol. The standard InChI is InChI=1S/C12H10ClNO2S/c13-8-3-1-4-9(7-8)14-11(12(15)16)10-5-2-6-17-10/h1-7,11,14H,(H,15,16)/p-1/t11-/m0/s1. The molecule has 2 aromatic rings. The van der Waals surface area contributed by atoms with E-state index < -0.39 is 12.0 Å². The highest BCUT2D eigenvalue weighted by molar-refractivity contribution is 7.10. The van der Waals surface area contributed by atoms with Gasteiger partial charge in [0.25, 0.3) is 0 Å². The number of benzene rings is 1. The molecule has 0 aliphatic rings. The zero-order valence-electron chi connectivity index (χ0n) is 8.72. The number of hydrogen-bond donors (Lipinski definition) is 1. The average molecular weight is 267 g/mol. The number of halogens is 1. The summed E-state index contributed by atoms with van der Waals surface area (Å²) in [5.41, 5.74) is 0.653. The number of aliphatic carboxylic acids is 1. The van der Waals surface area contributed by atoms with Crippen molar-refractivity contribution in [1.29, 1.82) is 0 Å². The highest BCUT2D eigenvalue weighted by Gasteiger charge is 2.13. The van der Waals surface area contributed by atoms with Gasteiger partial charge in [-0.2, -0.15) is 0 Å². The van der Waals surface area contributed by atoms with Crippen LogP contribution in [0.5, 0.6) is 0 Å². The lowest BCUT2D eigenvalue weighted by molar-refractivity contribution is -0.307. The molecule has 1 N–H and O–H groups in total. The van der Waals surface area contributed by atoms with E-state index in [1.807, 2.05) is 5.38 Å². The minimum absolute atomic E-state index is 0.554. The number of thiophene rings is 1. The lowest BCUT2D eigenvalue weighted by atomic mass is 10.2. The van der Waals surface area contributed by atoms with Crippen LogP contribution in [0.15, 0.2) is 41.8 Å².